The van der Waals surface area contributed by atoms with Gasteiger partial charge in [0.15, 0.2) is 5.79 Å². The predicted molar refractivity (Wildman–Crippen MR) is 122 cm³/mol. The fraction of sp³-hybridized carbons (Fsp3) is 0.962. The highest BCUT2D eigenvalue weighted by atomic mass is 16.7. The standard InChI is InChI=1S/C22H36O4.2C2H6/c1-20-10-9-18-16(17(20)7-8-19(20)23)6-5-15-13-22(25-3,26-4)12-11-21(15,18)14-24-2;2*1-2/h15-18H,5-14H2,1-4H3;2*1-2H3. The summed E-state index contributed by atoms with van der Waals surface area (Å²) in [5, 5.41) is 0. The Morgan fingerprint density at radius 2 is 1.53 bits per heavy atom. The highest BCUT2D eigenvalue weighted by molar-refractivity contribution is 5.87. The quantitative estimate of drug-likeness (QED) is 0.499. The molecule has 4 rings (SSSR count). The highest BCUT2D eigenvalue weighted by Gasteiger charge is 2.63. The van der Waals surface area contributed by atoms with Gasteiger partial charge in [-0.2, -0.15) is 0 Å². The van der Waals surface area contributed by atoms with Gasteiger partial charge in [0.2, 0.25) is 0 Å². The third-order valence-electron chi connectivity index (χ3n) is 9.23. The van der Waals surface area contributed by atoms with E-state index < -0.39 is 5.79 Å². The van der Waals surface area contributed by atoms with Crippen molar-refractivity contribution in [2.45, 2.75) is 98.2 Å². The van der Waals surface area contributed by atoms with Gasteiger partial charge in [0.1, 0.15) is 5.78 Å². The Morgan fingerprint density at radius 1 is 0.867 bits per heavy atom. The SMILES string of the molecule is CC.CC.COCC12CCC(OC)(OC)CC1CCC1C3CCC(=O)C3(C)CCC12. The first-order valence-corrected chi connectivity index (χ1v) is 12.6. The van der Waals surface area contributed by atoms with E-state index in [1.807, 2.05) is 34.8 Å². The third kappa shape index (κ3) is 4.01. The van der Waals surface area contributed by atoms with Gasteiger partial charge >= 0.3 is 0 Å². The summed E-state index contributed by atoms with van der Waals surface area (Å²) < 4.78 is 17.5. The molecule has 4 heteroatoms. The zero-order chi connectivity index (χ0) is 22.6. The molecule has 4 fully saturated rings. The molecule has 6 atom stereocenters. The first-order valence-electron chi connectivity index (χ1n) is 12.6. The molecule has 4 nitrogen and oxygen atoms in total. The summed E-state index contributed by atoms with van der Waals surface area (Å²) in [6.45, 7) is 11.1. The summed E-state index contributed by atoms with van der Waals surface area (Å²) in [5.41, 5.74) is 0.199. The van der Waals surface area contributed by atoms with Crippen molar-refractivity contribution in [3.05, 3.63) is 0 Å². The molecule has 0 spiro atoms. The number of carbonyl (C=O) groups excluding carboxylic acids is 1. The van der Waals surface area contributed by atoms with Crippen molar-refractivity contribution < 1.29 is 19.0 Å². The molecule has 0 N–H and O–H groups in total. The van der Waals surface area contributed by atoms with Crippen LogP contribution in [-0.4, -0.2) is 39.5 Å². The normalized spacial score (nSPS) is 41.3. The Labute approximate surface area is 185 Å². The van der Waals surface area contributed by atoms with Crippen molar-refractivity contribution in [1.82, 2.24) is 0 Å². The molecule has 4 saturated carbocycles. The molecule has 4 aliphatic carbocycles. The lowest BCUT2D eigenvalue weighted by Crippen LogP contribution is -2.59. The van der Waals surface area contributed by atoms with Gasteiger partial charge in [0.05, 0.1) is 6.61 Å². The van der Waals surface area contributed by atoms with E-state index in [1.165, 1.54) is 19.3 Å². The lowest BCUT2D eigenvalue weighted by molar-refractivity contribution is -0.268. The molecule has 0 amide bonds. The van der Waals surface area contributed by atoms with Crippen molar-refractivity contribution in [3.63, 3.8) is 0 Å². The molecular weight excluding hydrogens is 376 g/mol. The summed E-state index contributed by atoms with van der Waals surface area (Å²) >= 11 is 0. The van der Waals surface area contributed by atoms with Gasteiger partial charge in [-0.3, -0.25) is 4.79 Å². The molecule has 30 heavy (non-hydrogen) atoms. The number of ether oxygens (including phenoxy) is 3. The van der Waals surface area contributed by atoms with E-state index in [-0.39, 0.29) is 10.8 Å². The second kappa shape index (κ2) is 10.4. The lowest BCUT2D eigenvalue weighted by atomic mass is 9.44. The monoisotopic (exact) mass is 424 g/mol. The number of Topliss-reactive ketones (excluding diaryl/α,β-unsaturated/α-hetero) is 1. The van der Waals surface area contributed by atoms with Crippen molar-refractivity contribution in [2.75, 3.05) is 27.9 Å². The molecule has 0 bridgehead atoms. The first-order chi connectivity index (χ1) is 14.4. The summed E-state index contributed by atoms with van der Waals surface area (Å²) in [4.78, 5) is 12.6. The van der Waals surface area contributed by atoms with E-state index >= 15 is 0 Å². The fourth-order valence-electron chi connectivity index (χ4n) is 7.77. The van der Waals surface area contributed by atoms with Crippen LogP contribution >= 0.6 is 0 Å². The molecule has 0 radical (unpaired) electrons. The minimum atomic E-state index is -0.415. The molecule has 0 aromatic rings. The van der Waals surface area contributed by atoms with Crippen molar-refractivity contribution >= 4 is 5.78 Å². The van der Waals surface area contributed by atoms with Gasteiger partial charge in [-0.1, -0.05) is 34.6 Å². The van der Waals surface area contributed by atoms with Crippen molar-refractivity contribution in [1.29, 1.82) is 0 Å². The summed E-state index contributed by atoms with van der Waals surface area (Å²) in [6.07, 6.45) is 9.72. The van der Waals surface area contributed by atoms with E-state index in [0.29, 0.717) is 29.5 Å². The van der Waals surface area contributed by atoms with Crippen LogP contribution in [0.15, 0.2) is 0 Å². The number of hydrogen-bond acceptors (Lipinski definition) is 4. The molecule has 0 aromatic heterocycles. The first kappa shape index (κ1) is 25.8. The predicted octanol–water partition coefficient (Wildman–Crippen LogP) is 6.27. The van der Waals surface area contributed by atoms with Gasteiger partial charge in [-0.25, -0.2) is 0 Å². The number of carbonyl (C=O) groups is 1. The molecular formula is C26H48O4. The van der Waals surface area contributed by atoms with Crippen LogP contribution in [0.25, 0.3) is 0 Å². The molecule has 4 aliphatic rings. The van der Waals surface area contributed by atoms with Crippen LogP contribution < -0.4 is 0 Å². The molecule has 6 unspecified atom stereocenters. The smallest absolute Gasteiger partial charge is 0.167 e. The largest absolute Gasteiger partial charge is 0.384 e. The Balaban J connectivity index is 0.000000757. The van der Waals surface area contributed by atoms with Gasteiger partial charge in [-0.15, -0.1) is 0 Å². The second-order valence-electron chi connectivity index (χ2n) is 9.76. The topological polar surface area (TPSA) is 44.8 Å². The number of rotatable bonds is 4. The molecule has 176 valence electrons. The van der Waals surface area contributed by atoms with Crippen LogP contribution in [0.2, 0.25) is 0 Å². The Hall–Kier alpha value is -0.450. The van der Waals surface area contributed by atoms with Gasteiger partial charge in [-0.05, 0) is 62.2 Å². The van der Waals surface area contributed by atoms with Crippen LogP contribution in [0, 0.1) is 34.5 Å². The number of methoxy groups -OCH3 is 3. The maximum absolute atomic E-state index is 12.6. The van der Waals surface area contributed by atoms with Crippen LogP contribution in [0.1, 0.15) is 92.4 Å². The zero-order valence-corrected chi connectivity index (χ0v) is 21.0. The van der Waals surface area contributed by atoms with Crippen LogP contribution in [0.4, 0.5) is 0 Å². The van der Waals surface area contributed by atoms with Crippen LogP contribution in [0.5, 0.6) is 0 Å². The van der Waals surface area contributed by atoms with Crippen LogP contribution in [0.3, 0.4) is 0 Å². The zero-order valence-electron chi connectivity index (χ0n) is 21.0. The van der Waals surface area contributed by atoms with Crippen molar-refractivity contribution in [2.24, 2.45) is 34.5 Å². The number of fused-ring (bicyclic) bond motifs is 5. The highest BCUT2D eigenvalue weighted by Crippen LogP contribution is 2.66. The van der Waals surface area contributed by atoms with Gasteiger partial charge < -0.3 is 14.2 Å². The maximum atomic E-state index is 12.6. The van der Waals surface area contributed by atoms with Gasteiger partial charge in [0.25, 0.3) is 0 Å². The van der Waals surface area contributed by atoms with E-state index in [2.05, 4.69) is 6.92 Å². The lowest BCUT2D eigenvalue weighted by Gasteiger charge is -2.62. The third-order valence-corrected chi connectivity index (χ3v) is 9.23. The summed E-state index contributed by atoms with van der Waals surface area (Å²) in [7, 11) is 5.43. The van der Waals surface area contributed by atoms with Crippen LogP contribution in [-0.2, 0) is 19.0 Å². The van der Waals surface area contributed by atoms with Crippen molar-refractivity contribution in [3.8, 4) is 0 Å². The Morgan fingerprint density at radius 3 is 2.13 bits per heavy atom. The van der Waals surface area contributed by atoms with E-state index in [0.717, 1.165) is 45.1 Å². The van der Waals surface area contributed by atoms with Gasteiger partial charge in [0, 0.05) is 51.4 Å². The Bertz CT molecular complexity index is 557. The summed E-state index contributed by atoms with van der Waals surface area (Å²) in [6, 6.07) is 0. The number of ketones is 1. The molecule has 0 saturated heterocycles. The summed E-state index contributed by atoms with van der Waals surface area (Å²) in [5.74, 6) is 2.70. The minimum Gasteiger partial charge on any atom is -0.384 e. The van der Waals surface area contributed by atoms with E-state index in [9.17, 15) is 4.79 Å². The fourth-order valence-corrected chi connectivity index (χ4v) is 7.77. The van der Waals surface area contributed by atoms with E-state index in [4.69, 9.17) is 14.2 Å². The van der Waals surface area contributed by atoms with E-state index in [1.54, 1.807) is 14.2 Å². The number of hydrogen-bond donors (Lipinski definition) is 0. The average molecular weight is 425 g/mol. The molecule has 0 aromatic carbocycles. The molecule has 0 heterocycles. The minimum absolute atomic E-state index is 0.0419. The maximum Gasteiger partial charge on any atom is 0.167 e. The average Bonchev–Trinajstić information content (AvgIpc) is 3.11. The Kier molecular flexibility index (Phi) is 8.98. The molecule has 0 aliphatic heterocycles. The second-order valence-corrected chi connectivity index (χ2v) is 9.76.